The number of halogens is 1. The highest BCUT2D eigenvalue weighted by Crippen LogP contribution is 2.21. The summed E-state index contributed by atoms with van der Waals surface area (Å²) in [5.74, 6) is 0.855. The van der Waals surface area contributed by atoms with E-state index in [0.29, 0.717) is 11.6 Å². The third kappa shape index (κ3) is 6.19. The third-order valence-corrected chi connectivity index (χ3v) is 5.01. The van der Waals surface area contributed by atoms with Crippen LogP contribution in [0.4, 0.5) is 0 Å². The molecule has 2 aromatic rings. The van der Waals surface area contributed by atoms with Crippen LogP contribution in [0.15, 0.2) is 53.4 Å². The van der Waals surface area contributed by atoms with E-state index in [-0.39, 0.29) is 18.5 Å². The number of aryl methyl sites for hydroxylation is 1. The van der Waals surface area contributed by atoms with Gasteiger partial charge >= 0.3 is 0 Å². The topological polar surface area (TPSA) is 41.1 Å². The number of thioether (sulfide) groups is 1. The Morgan fingerprint density at radius 1 is 1.17 bits per heavy atom. The Morgan fingerprint density at radius 2 is 1.88 bits per heavy atom. The molecule has 0 spiro atoms. The molecule has 0 aliphatic heterocycles. The third-order valence-electron chi connectivity index (χ3n) is 3.65. The molecular formula is C19H23ClN2OS. The average molecular weight is 363 g/mol. The molecule has 0 aliphatic rings. The second-order valence-corrected chi connectivity index (χ2v) is 7.21. The van der Waals surface area contributed by atoms with E-state index < -0.39 is 0 Å². The fourth-order valence-electron chi connectivity index (χ4n) is 2.24. The minimum absolute atomic E-state index is 0.00147. The monoisotopic (exact) mass is 362 g/mol. The van der Waals surface area contributed by atoms with Gasteiger partial charge in [-0.2, -0.15) is 0 Å². The van der Waals surface area contributed by atoms with Gasteiger partial charge in [-0.3, -0.25) is 4.79 Å². The molecule has 0 heterocycles. The van der Waals surface area contributed by atoms with E-state index in [0.717, 1.165) is 11.3 Å². The van der Waals surface area contributed by atoms with Gasteiger partial charge in [0.1, 0.15) is 0 Å². The van der Waals surface area contributed by atoms with Crippen LogP contribution in [-0.4, -0.2) is 24.7 Å². The lowest BCUT2D eigenvalue weighted by Crippen LogP contribution is -2.36. The van der Waals surface area contributed by atoms with Gasteiger partial charge in [0.25, 0.3) is 0 Å². The van der Waals surface area contributed by atoms with E-state index in [1.54, 1.807) is 11.8 Å². The molecule has 1 atom stereocenters. The van der Waals surface area contributed by atoms with Crippen molar-refractivity contribution in [1.29, 1.82) is 0 Å². The van der Waals surface area contributed by atoms with Crippen molar-refractivity contribution in [1.82, 2.24) is 10.6 Å². The van der Waals surface area contributed by atoms with Crippen molar-refractivity contribution in [2.24, 2.45) is 0 Å². The van der Waals surface area contributed by atoms with Crippen molar-refractivity contribution in [2.45, 2.75) is 24.8 Å². The van der Waals surface area contributed by atoms with E-state index in [2.05, 4.69) is 41.8 Å². The van der Waals surface area contributed by atoms with Gasteiger partial charge in [0.15, 0.2) is 0 Å². The summed E-state index contributed by atoms with van der Waals surface area (Å²) in [4.78, 5) is 13.1. The first kappa shape index (κ1) is 18.8. The Bertz CT molecular complexity index is 661. The second kappa shape index (κ2) is 9.72. The predicted molar refractivity (Wildman–Crippen MR) is 103 cm³/mol. The number of carbonyl (C=O) groups is 1. The summed E-state index contributed by atoms with van der Waals surface area (Å²) in [5.41, 5.74) is 2.26. The molecule has 0 radical (unpaired) electrons. The van der Waals surface area contributed by atoms with Crippen molar-refractivity contribution < 1.29 is 4.79 Å². The standard InChI is InChI=1S/C19H23ClN2OS/c1-14-7-9-16(10-8-14)24-12-11-21-19(23)13-22-15(2)17-5-3-4-6-18(17)20/h3-10,15,22H,11-13H2,1-2H3,(H,21,23)/t15-/m0/s1. The van der Waals surface area contributed by atoms with Crippen molar-refractivity contribution in [3.63, 3.8) is 0 Å². The van der Waals surface area contributed by atoms with Crippen molar-refractivity contribution in [2.75, 3.05) is 18.8 Å². The van der Waals surface area contributed by atoms with E-state index in [1.807, 2.05) is 31.2 Å². The Hall–Kier alpha value is -1.49. The van der Waals surface area contributed by atoms with Crippen LogP contribution in [0, 0.1) is 6.92 Å². The molecule has 0 saturated heterocycles. The van der Waals surface area contributed by atoms with Crippen LogP contribution < -0.4 is 10.6 Å². The lowest BCUT2D eigenvalue weighted by molar-refractivity contribution is -0.120. The molecule has 0 aromatic heterocycles. The summed E-state index contributed by atoms with van der Waals surface area (Å²) in [6, 6.07) is 16.1. The average Bonchev–Trinajstić information content (AvgIpc) is 2.58. The SMILES string of the molecule is Cc1ccc(SCCNC(=O)CN[C@@H](C)c2ccccc2Cl)cc1. The minimum atomic E-state index is -0.00147. The van der Waals surface area contributed by atoms with Crippen LogP contribution in [-0.2, 0) is 4.79 Å². The van der Waals surface area contributed by atoms with Gasteiger partial charge in [-0.15, -0.1) is 11.8 Å². The summed E-state index contributed by atoms with van der Waals surface area (Å²) < 4.78 is 0. The molecular weight excluding hydrogens is 340 g/mol. The Kier molecular flexibility index (Phi) is 7.63. The maximum atomic E-state index is 11.9. The van der Waals surface area contributed by atoms with Gasteiger partial charge in [0.2, 0.25) is 5.91 Å². The van der Waals surface area contributed by atoms with Gasteiger partial charge in [-0.1, -0.05) is 47.5 Å². The molecule has 2 aromatic carbocycles. The molecule has 128 valence electrons. The Balaban J connectivity index is 1.64. The number of benzene rings is 2. The van der Waals surface area contributed by atoms with Crippen LogP contribution >= 0.6 is 23.4 Å². The lowest BCUT2D eigenvalue weighted by atomic mass is 10.1. The first-order valence-corrected chi connectivity index (χ1v) is 9.36. The fourth-order valence-corrected chi connectivity index (χ4v) is 3.31. The van der Waals surface area contributed by atoms with E-state index >= 15 is 0 Å². The zero-order valence-corrected chi connectivity index (χ0v) is 15.6. The normalized spacial score (nSPS) is 12.0. The first-order chi connectivity index (χ1) is 11.6. The number of hydrogen-bond acceptors (Lipinski definition) is 3. The number of carbonyl (C=O) groups excluding carboxylic acids is 1. The van der Waals surface area contributed by atoms with Crippen molar-refractivity contribution in [3.05, 3.63) is 64.7 Å². The Labute approximate surface area is 153 Å². The van der Waals surface area contributed by atoms with Crippen LogP contribution in [0.3, 0.4) is 0 Å². The lowest BCUT2D eigenvalue weighted by Gasteiger charge is -2.15. The van der Waals surface area contributed by atoms with E-state index in [4.69, 9.17) is 11.6 Å². The molecule has 2 rings (SSSR count). The number of hydrogen-bond donors (Lipinski definition) is 2. The van der Waals surface area contributed by atoms with Crippen LogP contribution in [0.2, 0.25) is 5.02 Å². The minimum Gasteiger partial charge on any atom is -0.354 e. The first-order valence-electron chi connectivity index (χ1n) is 8.00. The summed E-state index contributed by atoms with van der Waals surface area (Å²) in [7, 11) is 0. The highest BCUT2D eigenvalue weighted by atomic mass is 35.5. The van der Waals surface area contributed by atoms with Gasteiger partial charge in [0.05, 0.1) is 6.54 Å². The molecule has 0 saturated carbocycles. The number of nitrogens with one attached hydrogen (secondary N) is 2. The van der Waals surface area contributed by atoms with Crippen molar-refractivity contribution >= 4 is 29.3 Å². The molecule has 2 N–H and O–H groups in total. The zero-order chi connectivity index (χ0) is 17.4. The summed E-state index contributed by atoms with van der Waals surface area (Å²) in [6.07, 6.45) is 0. The molecule has 24 heavy (non-hydrogen) atoms. The largest absolute Gasteiger partial charge is 0.354 e. The Morgan fingerprint density at radius 3 is 2.58 bits per heavy atom. The van der Waals surface area contributed by atoms with Gasteiger partial charge < -0.3 is 10.6 Å². The molecule has 0 aliphatic carbocycles. The van der Waals surface area contributed by atoms with Crippen LogP contribution in [0.5, 0.6) is 0 Å². The highest BCUT2D eigenvalue weighted by Gasteiger charge is 2.10. The van der Waals surface area contributed by atoms with Gasteiger partial charge in [-0.25, -0.2) is 0 Å². The smallest absolute Gasteiger partial charge is 0.234 e. The van der Waals surface area contributed by atoms with Crippen LogP contribution in [0.1, 0.15) is 24.1 Å². The van der Waals surface area contributed by atoms with E-state index in [1.165, 1.54) is 10.5 Å². The molecule has 0 fully saturated rings. The molecule has 3 nitrogen and oxygen atoms in total. The quantitative estimate of drug-likeness (QED) is 0.546. The van der Waals surface area contributed by atoms with Crippen LogP contribution in [0.25, 0.3) is 0 Å². The predicted octanol–water partition coefficient (Wildman–Crippen LogP) is 4.21. The summed E-state index contributed by atoms with van der Waals surface area (Å²) in [6.45, 7) is 5.01. The molecule has 5 heteroatoms. The number of amides is 1. The fraction of sp³-hybridized carbons (Fsp3) is 0.316. The van der Waals surface area contributed by atoms with E-state index in [9.17, 15) is 4.79 Å². The second-order valence-electron chi connectivity index (χ2n) is 5.64. The van der Waals surface area contributed by atoms with Gasteiger partial charge in [0, 0.05) is 28.3 Å². The van der Waals surface area contributed by atoms with Crippen molar-refractivity contribution in [3.8, 4) is 0 Å². The van der Waals surface area contributed by atoms with Gasteiger partial charge in [-0.05, 0) is 37.6 Å². The molecule has 1 amide bonds. The number of rotatable bonds is 8. The molecule has 0 unspecified atom stereocenters. The summed E-state index contributed by atoms with van der Waals surface area (Å²) >= 11 is 7.90. The summed E-state index contributed by atoms with van der Waals surface area (Å²) in [5, 5.41) is 6.85. The highest BCUT2D eigenvalue weighted by molar-refractivity contribution is 7.99. The molecule has 0 bridgehead atoms. The maximum absolute atomic E-state index is 11.9. The zero-order valence-electron chi connectivity index (χ0n) is 14.0. The maximum Gasteiger partial charge on any atom is 0.234 e.